The van der Waals surface area contributed by atoms with Gasteiger partial charge in [-0.15, -0.1) is 0 Å². The van der Waals surface area contributed by atoms with Crippen LogP contribution in [0.3, 0.4) is 0 Å². The second kappa shape index (κ2) is 7.34. The number of aliphatic hydroxyl groups excluding tert-OH is 1. The molecule has 2 aromatic rings. The van der Waals surface area contributed by atoms with E-state index in [-0.39, 0.29) is 17.1 Å². The molecule has 0 radical (unpaired) electrons. The molecule has 0 bridgehead atoms. The third-order valence-electron chi connectivity index (χ3n) is 4.91. The number of ketones is 1. The van der Waals surface area contributed by atoms with Crippen LogP contribution in [0.15, 0.2) is 42.3 Å². The maximum Gasteiger partial charge on any atom is 0.219 e. The number of ether oxygens (including phenoxy) is 2. The first-order valence-electron chi connectivity index (χ1n) is 9.45. The minimum absolute atomic E-state index is 0.0924. The summed E-state index contributed by atoms with van der Waals surface area (Å²) in [5, 5.41) is 19.8. The molecular formula is C23H24N2O4. The Hall–Kier alpha value is -3.17. The Morgan fingerprint density at radius 1 is 1.17 bits per heavy atom. The molecule has 1 aliphatic heterocycles. The van der Waals surface area contributed by atoms with Gasteiger partial charge in [-0.25, -0.2) is 4.98 Å². The standard InChI is InChI=1S/C23H24N2O4/c1-6-15-8-9-16(28-18-10-7-14(12-24)13-25-18)11-17(15)19-20(26)22(2,3)29-23(4,5)21(19)27/h7-11,13,26H,6H2,1-5H3. The fraction of sp³-hybridized carbons (Fsp3) is 0.348. The third-order valence-corrected chi connectivity index (χ3v) is 4.91. The molecule has 6 heteroatoms. The average molecular weight is 392 g/mol. The molecule has 1 aromatic heterocycles. The number of aromatic nitrogens is 1. The number of hydrogen-bond acceptors (Lipinski definition) is 6. The largest absolute Gasteiger partial charge is 0.508 e. The van der Waals surface area contributed by atoms with Crippen LogP contribution in [0.2, 0.25) is 0 Å². The van der Waals surface area contributed by atoms with Crippen molar-refractivity contribution in [3.63, 3.8) is 0 Å². The zero-order valence-electron chi connectivity index (χ0n) is 17.2. The first-order valence-corrected chi connectivity index (χ1v) is 9.45. The van der Waals surface area contributed by atoms with Gasteiger partial charge in [-0.3, -0.25) is 4.79 Å². The van der Waals surface area contributed by atoms with Crippen LogP contribution in [0, 0.1) is 11.3 Å². The van der Waals surface area contributed by atoms with E-state index in [4.69, 9.17) is 14.7 Å². The molecule has 0 unspecified atom stereocenters. The number of hydrogen-bond donors (Lipinski definition) is 1. The van der Waals surface area contributed by atoms with Gasteiger partial charge in [-0.05, 0) is 63.4 Å². The molecule has 1 aliphatic rings. The maximum atomic E-state index is 13.1. The monoisotopic (exact) mass is 392 g/mol. The molecule has 2 heterocycles. The highest BCUT2D eigenvalue weighted by Crippen LogP contribution is 2.41. The highest BCUT2D eigenvalue weighted by molar-refractivity contribution is 6.26. The predicted octanol–water partition coefficient (Wildman–Crippen LogP) is 4.73. The van der Waals surface area contributed by atoms with Crippen molar-refractivity contribution >= 4 is 11.4 Å². The molecule has 6 nitrogen and oxygen atoms in total. The average Bonchev–Trinajstić information content (AvgIpc) is 2.67. The van der Waals surface area contributed by atoms with E-state index in [1.807, 2.05) is 19.1 Å². The van der Waals surface area contributed by atoms with Crippen molar-refractivity contribution in [2.45, 2.75) is 52.2 Å². The number of aliphatic hydroxyl groups is 1. The summed E-state index contributed by atoms with van der Waals surface area (Å²) >= 11 is 0. The van der Waals surface area contributed by atoms with Gasteiger partial charge >= 0.3 is 0 Å². The van der Waals surface area contributed by atoms with Gasteiger partial charge in [0.25, 0.3) is 0 Å². The Kier molecular flexibility index (Phi) is 5.20. The van der Waals surface area contributed by atoms with Crippen LogP contribution in [-0.2, 0) is 16.0 Å². The molecular weight excluding hydrogens is 368 g/mol. The van der Waals surface area contributed by atoms with Gasteiger partial charge in [-0.2, -0.15) is 5.26 Å². The SMILES string of the molecule is CCc1ccc(Oc2ccc(C#N)cn2)cc1C1=C(O)C(C)(C)OC(C)(C)C1=O. The van der Waals surface area contributed by atoms with Crippen molar-refractivity contribution < 1.29 is 19.4 Å². The van der Waals surface area contributed by atoms with E-state index in [1.165, 1.54) is 6.20 Å². The number of carbonyl (C=O) groups is 1. The van der Waals surface area contributed by atoms with Gasteiger partial charge in [0, 0.05) is 12.3 Å². The zero-order chi connectivity index (χ0) is 21.4. The van der Waals surface area contributed by atoms with Crippen LogP contribution >= 0.6 is 0 Å². The van der Waals surface area contributed by atoms with Gasteiger partial charge < -0.3 is 14.6 Å². The summed E-state index contributed by atoms with van der Waals surface area (Å²) in [6.07, 6.45) is 2.11. The first-order chi connectivity index (χ1) is 13.6. The number of Topliss-reactive ketones (excluding diaryl/α,β-unsaturated/α-hetero) is 1. The highest BCUT2D eigenvalue weighted by atomic mass is 16.5. The van der Waals surface area contributed by atoms with E-state index in [1.54, 1.807) is 52.0 Å². The fourth-order valence-electron chi connectivity index (χ4n) is 3.48. The van der Waals surface area contributed by atoms with E-state index in [0.717, 1.165) is 5.56 Å². The number of aryl methyl sites for hydroxylation is 1. The maximum absolute atomic E-state index is 13.1. The molecule has 0 fully saturated rings. The second-order valence-electron chi connectivity index (χ2n) is 7.95. The second-order valence-corrected chi connectivity index (χ2v) is 7.95. The number of pyridine rings is 1. The normalized spacial score (nSPS) is 17.7. The third kappa shape index (κ3) is 3.87. The molecule has 0 aliphatic carbocycles. The molecule has 0 saturated carbocycles. The number of nitrogens with zero attached hydrogens (tertiary/aromatic N) is 2. The van der Waals surface area contributed by atoms with Gasteiger partial charge in [0.05, 0.1) is 11.1 Å². The molecule has 3 rings (SSSR count). The van der Waals surface area contributed by atoms with E-state index >= 15 is 0 Å². The molecule has 0 amide bonds. The zero-order valence-corrected chi connectivity index (χ0v) is 17.2. The quantitative estimate of drug-likeness (QED) is 0.808. The summed E-state index contributed by atoms with van der Waals surface area (Å²) in [4.78, 5) is 17.2. The topological polar surface area (TPSA) is 92.4 Å². The number of rotatable bonds is 4. The number of benzene rings is 1. The van der Waals surface area contributed by atoms with Crippen LogP contribution in [-0.4, -0.2) is 27.1 Å². The number of nitriles is 1. The number of carbonyl (C=O) groups excluding carboxylic acids is 1. The lowest BCUT2D eigenvalue weighted by Gasteiger charge is -2.40. The predicted molar refractivity (Wildman–Crippen MR) is 109 cm³/mol. The summed E-state index contributed by atoms with van der Waals surface area (Å²) in [5.74, 6) is 0.434. The lowest BCUT2D eigenvalue weighted by molar-refractivity contribution is -0.158. The van der Waals surface area contributed by atoms with Crippen LogP contribution in [0.1, 0.15) is 51.3 Å². The molecule has 1 N–H and O–H groups in total. The minimum Gasteiger partial charge on any atom is -0.508 e. The van der Waals surface area contributed by atoms with Gasteiger partial charge in [-0.1, -0.05) is 13.0 Å². The molecule has 1 aromatic carbocycles. The van der Waals surface area contributed by atoms with E-state index in [0.29, 0.717) is 29.2 Å². The van der Waals surface area contributed by atoms with E-state index in [2.05, 4.69) is 4.98 Å². The summed E-state index contributed by atoms with van der Waals surface area (Å²) in [5.41, 5.74) is 0.150. The minimum atomic E-state index is -1.07. The molecule has 0 spiro atoms. The van der Waals surface area contributed by atoms with Crippen molar-refractivity contribution in [1.82, 2.24) is 4.98 Å². The van der Waals surface area contributed by atoms with Crippen LogP contribution in [0.4, 0.5) is 0 Å². The summed E-state index contributed by atoms with van der Waals surface area (Å²) in [7, 11) is 0. The fourth-order valence-corrected chi connectivity index (χ4v) is 3.48. The van der Waals surface area contributed by atoms with E-state index in [9.17, 15) is 9.90 Å². The molecule has 150 valence electrons. The summed E-state index contributed by atoms with van der Waals surface area (Å²) < 4.78 is 11.6. The van der Waals surface area contributed by atoms with Crippen molar-refractivity contribution in [2.75, 3.05) is 0 Å². The molecule has 0 saturated heterocycles. The van der Waals surface area contributed by atoms with Crippen molar-refractivity contribution in [2.24, 2.45) is 0 Å². The Morgan fingerprint density at radius 3 is 2.48 bits per heavy atom. The van der Waals surface area contributed by atoms with Crippen LogP contribution in [0.5, 0.6) is 11.6 Å². The Labute approximate surface area is 170 Å². The molecule has 0 atom stereocenters. The lowest BCUT2D eigenvalue weighted by atomic mass is 9.81. The first kappa shape index (κ1) is 20.6. The van der Waals surface area contributed by atoms with Gasteiger partial charge in [0.15, 0.2) is 5.78 Å². The van der Waals surface area contributed by atoms with Crippen molar-refractivity contribution in [1.29, 1.82) is 5.26 Å². The van der Waals surface area contributed by atoms with Crippen molar-refractivity contribution in [3.8, 4) is 17.7 Å². The summed E-state index contributed by atoms with van der Waals surface area (Å²) in [6.45, 7) is 8.87. The Bertz CT molecular complexity index is 1030. The van der Waals surface area contributed by atoms with Crippen molar-refractivity contribution in [3.05, 3.63) is 59.0 Å². The van der Waals surface area contributed by atoms with Crippen LogP contribution in [0.25, 0.3) is 5.57 Å². The summed E-state index contributed by atoms with van der Waals surface area (Å²) in [6, 6.07) is 10.6. The van der Waals surface area contributed by atoms with Gasteiger partial charge in [0.1, 0.15) is 28.8 Å². The van der Waals surface area contributed by atoms with E-state index < -0.39 is 11.2 Å². The highest BCUT2D eigenvalue weighted by Gasteiger charge is 2.47. The van der Waals surface area contributed by atoms with Gasteiger partial charge in [0.2, 0.25) is 5.88 Å². The Morgan fingerprint density at radius 2 is 1.90 bits per heavy atom. The molecule has 29 heavy (non-hydrogen) atoms. The smallest absolute Gasteiger partial charge is 0.219 e. The lowest BCUT2D eigenvalue weighted by Crippen LogP contribution is -2.49. The Balaban J connectivity index is 2.09. The van der Waals surface area contributed by atoms with Crippen LogP contribution < -0.4 is 4.74 Å².